The highest BCUT2D eigenvalue weighted by atomic mass is 16.4. The monoisotopic (exact) mass is 235 g/mol. The van der Waals surface area contributed by atoms with Crippen LogP contribution < -0.4 is 17.2 Å². The summed E-state index contributed by atoms with van der Waals surface area (Å²) < 4.78 is 0. The van der Waals surface area contributed by atoms with Gasteiger partial charge >= 0.3 is 11.9 Å². The summed E-state index contributed by atoms with van der Waals surface area (Å²) in [5.41, 5.74) is 14.7. The van der Waals surface area contributed by atoms with Crippen molar-refractivity contribution in [1.82, 2.24) is 0 Å². The third-order valence-corrected chi connectivity index (χ3v) is 1.42. The maximum absolute atomic E-state index is 10.2. The van der Waals surface area contributed by atoms with E-state index in [1.54, 1.807) is 0 Å². The number of rotatable bonds is 5. The van der Waals surface area contributed by atoms with Crippen LogP contribution in [0.3, 0.4) is 0 Å². The van der Waals surface area contributed by atoms with Crippen molar-refractivity contribution in [1.29, 1.82) is 0 Å². The Morgan fingerprint density at radius 3 is 1.75 bits per heavy atom. The Labute approximate surface area is 92.4 Å². The molecule has 94 valence electrons. The van der Waals surface area contributed by atoms with E-state index in [4.69, 9.17) is 27.4 Å². The highest BCUT2D eigenvalue weighted by molar-refractivity contribution is 5.80. The third-order valence-electron chi connectivity index (χ3n) is 1.42. The first kappa shape index (κ1) is 16.7. The minimum atomic E-state index is -0.975. The Hall–Kier alpha value is -1.67. The largest absolute Gasteiger partial charge is 0.481 e. The molecule has 0 aliphatic carbocycles. The molecule has 8 N–H and O–H groups in total. The van der Waals surface area contributed by atoms with Crippen LogP contribution in [0, 0.1) is 0 Å². The van der Waals surface area contributed by atoms with Crippen molar-refractivity contribution in [3.05, 3.63) is 0 Å². The van der Waals surface area contributed by atoms with Gasteiger partial charge in [-0.3, -0.25) is 14.4 Å². The van der Waals surface area contributed by atoms with E-state index < -0.39 is 29.9 Å². The van der Waals surface area contributed by atoms with E-state index in [9.17, 15) is 14.4 Å². The van der Waals surface area contributed by atoms with Gasteiger partial charge in [0.1, 0.15) is 6.04 Å². The van der Waals surface area contributed by atoms with Crippen molar-refractivity contribution >= 4 is 17.8 Å². The molecule has 0 aromatic rings. The second-order valence-electron chi connectivity index (χ2n) is 3.07. The normalized spacial score (nSPS) is 12.9. The maximum atomic E-state index is 10.2. The maximum Gasteiger partial charge on any atom is 0.320 e. The number of carboxylic acids is 2. The second-order valence-corrected chi connectivity index (χ2v) is 3.07. The third kappa shape index (κ3) is 12.3. The summed E-state index contributed by atoms with van der Waals surface area (Å²) in [5.74, 6) is -2.60. The first-order chi connectivity index (χ1) is 7.18. The second kappa shape index (κ2) is 8.62. The lowest BCUT2D eigenvalue weighted by Crippen LogP contribution is -2.36. The Balaban J connectivity index is 0. The molecule has 0 aliphatic rings. The number of primary amides is 1. The van der Waals surface area contributed by atoms with E-state index >= 15 is 0 Å². The van der Waals surface area contributed by atoms with Crippen molar-refractivity contribution in [2.24, 2.45) is 17.2 Å². The van der Waals surface area contributed by atoms with Crippen molar-refractivity contribution in [2.75, 3.05) is 0 Å². The van der Waals surface area contributed by atoms with Crippen LogP contribution in [-0.4, -0.2) is 40.1 Å². The Morgan fingerprint density at radius 2 is 1.56 bits per heavy atom. The van der Waals surface area contributed by atoms with Crippen LogP contribution in [0.15, 0.2) is 0 Å². The van der Waals surface area contributed by atoms with E-state index in [2.05, 4.69) is 0 Å². The molecule has 0 rings (SSSR count). The number of amides is 1. The van der Waals surface area contributed by atoms with Crippen LogP contribution in [0.5, 0.6) is 0 Å². The van der Waals surface area contributed by atoms with Crippen molar-refractivity contribution < 1.29 is 24.6 Å². The predicted molar refractivity (Wildman–Crippen MR) is 55.3 cm³/mol. The van der Waals surface area contributed by atoms with Gasteiger partial charge < -0.3 is 27.4 Å². The van der Waals surface area contributed by atoms with Gasteiger partial charge in [-0.1, -0.05) is 0 Å². The quantitative estimate of drug-likeness (QED) is 0.369. The molecule has 8 nitrogen and oxygen atoms in total. The fraction of sp³-hybridized carbons (Fsp3) is 0.625. The lowest BCUT2D eigenvalue weighted by atomic mass is 10.1. The Bertz CT molecular complexity index is 254. The number of carboxylic acid groups (broad SMARTS) is 2. The molecule has 0 fully saturated rings. The topological polar surface area (TPSA) is 170 Å². The summed E-state index contributed by atoms with van der Waals surface area (Å²) in [6.07, 6.45) is -0.0191. The molecule has 0 aliphatic heterocycles. The van der Waals surface area contributed by atoms with Gasteiger partial charge in [-0.15, -0.1) is 0 Å². The Morgan fingerprint density at radius 1 is 1.19 bits per heavy atom. The molecule has 1 amide bonds. The van der Waals surface area contributed by atoms with Crippen molar-refractivity contribution in [2.45, 2.75) is 31.8 Å². The minimum absolute atomic E-state index is 0.102. The summed E-state index contributed by atoms with van der Waals surface area (Å²) in [4.78, 5) is 29.7. The molecule has 0 aromatic heterocycles. The van der Waals surface area contributed by atoms with Crippen molar-refractivity contribution in [3.63, 3.8) is 0 Å². The molecular formula is C8H17N3O5. The molecule has 0 saturated heterocycles. The molecule has 2 atom stereocenters. The fourth-order valence-electron chi connectivity index (χ4n) is 0.421. The number of carbonyl (C=O) groups is 3. The summed E-state index contributed by atoms with van der Waals surface area (Å²) in [6, 6.07) is -1.57. The highest BCUT2D eigenvalue weighted by Crippen LogP contribution is 1.92. The zero-order valence-electron chi connectivity index (χ0n) is 8.92. The zero-order chi connectivity index (χ0) is 13.3. The highest BCUT2D eigenvalue weighted by Gasteiger charge is 2.10. The van der Waals surface area contributed by atoms with Crippen LogP contribution in [0.25, 0.3) is 0 Å². The molecule has 0 heterocycles. The van der Waals surface area contributed by atoms with E-state index in [0.29, 0.717) is 0 Å². The standard InChI is InChI=1S/C5H10N2O3.C3H7NO2/c6-3(5(7)10)1-2-4(8)9;1-2(4)3(5)6/h3H,1-2,6H2,(H2,7,10)(H,8,9);2H,4H2,1H3,(H,5,6)/t3-;2-/m00/s1. The number of nitrogens with two attached hydrogens (primary N) is 3. The SMILES string of the molecule is C[C@H](N)C(=O)O.NC(=O)[C@@H](N)CCC(=O)O. The zero-order valence-corrected chi connectivity index (χ0v) is 8.92. The van der Waals surface area contributed by atoms with Crippen LogP contribution in [0.1, 0.15) is 19.8 Å². The van der Waals surface area contributed by atoms with Gasteiger partial charge in [0.25, 0.3) is 0 Å². The molecule has 0 bridgehead atoms. The smallest absolute Gasteiger partial charge is 0.320 e. The molecule has 0 saturated carbocycles. The van der Waals surface area contributed by atoms with Crippen LogP contribution in [0.2, 0.25) is 0 Å². The Kier molecular flexibility index (Phi) is 9.03. The van der Waals surface area contributed by atoms with Gasteiger partial charge in [-0.25, -0.2) is 0 Å². The van der Waals surface area contributed by atoms with Crippen LogP contribution >= 0.6 is 0 Å². The van der Waals surface area contributed by atoms with Gasteiger partial charge in [0.2, 0.25) is 5.91 Å². The van der Waals surface area contributed by atoms with Crippen LogP contribution in [0.4, 0.5) is 0 Å². The predicted octanol–water partition coefficient (Wildman–Crippen LogP) is -1.92. The van der Waals surface area contributed by atoms with Crippen molar-refractivity contribution in [3.8, 4) is 0 Å². The molecule has 0 spiro atoms. The molecule has 8 heteroatoms. The molecule has 16 heavy (non-hydrogen) atoms. The lowest BCUT2D eigenvalue weighted by Gasteiger charge is -2.02. The molecule has 0 aromatic carbocycles. The van der Waals surface area contributed by atoms with Gasteiger partial charge in [0, 0.05) is 6.42 Å². The van der Waals surface area contributed by atoms with Crippen LogP contribution in [-0.2, 0) is 14.4 Å². The van der Waals surface area contributed by atoms with E-state index in [0.717, 1.165) is 0 Å². The first-order valence-corrected chi connectivity index (χ1v) is 4.43. The number of carbonyl (C=O) groups excluding carboxylic acids is 1. The number of hydrogen-bond acceptors (Lipinski definition) is 5. The lowest BCUT2D eigenvalue weighted by molar-refractivity contribution is -0.138. The van der Waals surface area contributed by atoms with Gasteiger partial charge in [-0.2, -0.15) is 0 Å². The summed E-state index contributed by atoms with van der Waals surface area (Å²) >= 11 is 0. The number of aliphatic carboxylic acids is 2. The van der Waals surface area contributed by atoms with Gasteiger partial charge in [0.05, 0.1) is 6.04 Å². The first-order valence-electron chi connectivity index (χ1n) is 4.43. The minimum Gasteiger partial charge on any atom is -0.481 e. The van der Waals surface area contributed by atoms with E-state index in [1.807, 2.05) is 0 Å². The number of hydrogen-bond donors (Lipinski definition) is 5. The van der Waals surface area contributed by atoms with Gasteiger partial charge in [0.15, 0.2) is 0 Å². The summed E-state index contributed by atoms with van der Waals surface area (Å²) in [5, 5.41) is 16.0. The average molecular weight is 235 g/mol. The summed E-state index contributed by atoms with van der Waals surface area (Å²) in [7, 11) is 0. The van der Waals surface area contributed by atoms with Gasteiger partial charge in [-0.05, 0) is 13.3 Å². The van der Waals surface area contributed by atoms with E-state index in [-0.39, 0.29) is 12.8 Å². The molecule has 0 unspecified atom stereocenters. The van der Waals surface area contributed by atoms with E-state index in [1.165, 1.54) is 6.92 Å². The fourth-order valence-corrected chi connectivity index (χ4v) is 0.421. The molecular weight excluding hydrogens is 218 g/mol. The summed E-state index contributed by atoms with van der Waals surface area (Å²) in [6.45, 7) is 1.42. The average Bonchev–Trinajstić information content (AvgIpc) is 2.14. The molecule has 0 radical (unpaired) electrons.